The lowest BCUT2D eigenvalue weighted by Crippen LogP contribution is -2.36. The number of anilines is 5. The molecule has 0 aromatic heterocycles. The molecule has 0 aliphatic carbocycles. The van der Waals surface area contributed by atoms with Crippen LogP contribution in [0.25, 0.3) is 0 Å². The first-order chi connectivity index (χ1) is 16.2. The van der Waals surface area contributed by atoms with E-state index in [1.165, 1.54) is 48.0 Å². The maximum atomic E-state index is 3.40. The molecule has 0 fully saturated rings. The SMILES string of the molecule is CNC(C)CN1c2ccccc2Sc2cc(N3c4ccccc4Sc4ccccc43)ccc21. The monoisotopic (exact) mass is 467 g/mol. The normalized spacial score (nSPS) is 14.7. The van der Waals surface area contributed by atoms with Crippen LogP contribution in [0, 0.1) is 0 Å². The minimum Gasteiger partial charge on any atom is -0.338 e. The van der Waals surface area contributed by atoms with Crippen LogP contribution in [0.15, 0.2) is 111 Å². The van der Waals surface area contributed by atoms with Crippen LogP contribution in [0.1, 0.15) is 6.92 Å². The number of nitrogens with one attached hydrogen (secondary N) is 1. The standard InChI is InChI=1S/C28H25N3S2/c1-19(29-2)18-30-21-9-3-6-12-25(21)33-28-17-20(15-16-22(28)30)31-23-10-4-7-13-26(23)32-27-14-8-5-11-24(27)31/h3-17,19,29H,18H2,1-2H3. The molecule has 5 heteroatoms. The minimum atomic E-state index is 0.381. The number of hydrogen-bond acceptors (Lipinski definition) is 5. The van der Waals surface area contributed by atoms with Crippen LogP contribution < -0.4 is 15.1 Å². The number of hydrogen-bond donors (Lipinski definition) is 1. The van der Waals surface area contributed by atoms with E-state index in [0.717, 1.165) is 6.54 Å². The number of nitrogens with zero attached hydrogens (tertiary/aromatic N) is 2. The Bertz CT molecular complexity index is 1290. The van der Waals surface area contributed by atoms with Gasteiger partial charge in [0.2, 0.25) is 0 Å². The fourth-order valence-electron chi connectivity index (χ4n) is 4.51. The molecule has 33 heavy (non-hydrogen) atoms. The number of para-hydroxylation sites is 3. The second kappa shape index (κ2) is 8.49. The van der Waals surface area contributed by atoms with E-state index < -0.39 is 0 Å². The maximum absolute atomic E-state index is 3.40. The number of benzene rings is 4. The van der Waals surface area contributed by atoms with E-state index in [1.54, 1.807) is 0 Å². The summed E-state index contributed by atoms with van der Waals surface area (Å²) in [4.78, 5) is 10.0. The second-order valence-electron chi connectivity index (χ2n) is 8.40. The first-order valence-corrected chi connectivity index (χ1v) is 12.9. The van der Waals surface area contributed by atoms with Crippen LogP contribution in [0.4, 0.5) is 28.4 Å². The molecule has 2 heterocycles. The summed E-state index contributed by atoms with van der Waals surface area (Å²) < 4.78 is 0. The summed E-state index contributed by atoms with van der Waals surface area (Å²) >= 11 is 3.72. The van der Waals surface area contributed by atoms with E-state index in [9.17, 15) is 0 Å². The molecule has 1 unspecified atom stereocenters. The Labute approximate surface area is 203 Å². The van der Waals surface area contributed by atoms with Gasteiger partial charge in [-0.1, -0.05) is 59.9 Å². The summed E-state index contributed by atoms with van der Waals surface area (Å²) in [5.74, 6) is 0. The van der Waals surface area contributed by atoms with Crippen molar-refractivity contribution < 1.29 is 0 Å². The minimum absolute atomic E-state index is 0.381. The third-order valence-electron chi connectivity index (χ3n) is 6.25. The van der Waals surface area contributed by atoms with Crippen LogP contribution in [-0.2, 0) is 0 Å². The zero-order valence-electron chi connectivity index (χ0n) is 18.7. The molecule has 0 bridgehead atoms. The highest BCUT2D eigenvalue weighted by Crippen LogP contribution is 2.54. The van der Waals surface area contributed by atoms with Crippen molar-refractivity contribution in [3.05, 3.63) is 91.0 Å². The molecule has 0 saturated carbocycles. The van der Waals surface area contributed by atoms with E-state index in [4.69, 9.17) is 0 Å². The summed E-state index contributed by atoms with van der Waals surface area (Å²) in [5.41, 5.74) is 6.24. The molecule has 2 aliphatic heterocycles. The lowest BCUT2D eigenvalue weighted by molar-refractivity contribution is 0.611. The van der Waals surface area contributed by atoms with Gasteiger partial charge in [0.25, 0.3) is 0 Å². The van der Waals surface area contributed by atoms with Crippen LogP contribution in [0.3, 0.4) is 0 Å². The van der Waals surface area contributed by atoms with Gasteiger partial charge in [0, 0.05) is 37.9 Å². The van der Waals surface area contributed by atoms with Crippen LogP contribution in [0.2, 0.25) is 0 Å². The van der Waals surface area contributed by atoms with E-state index in [-0.39, 0.29) is 0 Å². The molecule has 4 aromatic carbocycles. The predicted octanol–water partition coefficient (Wildman–Crippen LogP) is 7.83. The third-order valence-corrected chi connectivity index (χ3v) is 8.49. The zero-order chi connectivity index (χ0) is 22.4. The Hall–Kier alpha value is -2.86. The molecular formula is C28H25N3S2. The molecule has 2 aliphatic rings. The molecule has 3 nitrogen and oxygen atoms in total. The van der Waals surface area contributed by atoms with Crippen molar-refractivity contribution in [3.63, 3.8) is 0 Å². The summed E-state index contributed by atoms with van der Waals surface area (Å²) in [6, 6.07) is 33.4. The predicted molar refractivity (Wildman–Crippen MR) is 141 cm³/mol. The van der Waals surface area contributed by atoms with Crippen molar-refractivity contribution in [2.24, 2.45) is 0 Å². The van der Waals surface area contributed by atoms with E-state index >= 15 is 0 Å². The first kappa shape index (κ1) is 20.7. The molecule has 1 N–H and O–H groups in total. The van der Waals surface area contributed by atoms with E-state index in [1.807, 2.05) is 30.6 Å². The van der Waals surface area contributed by atoms with Gasteiger partial charge in [-0.15, -0.1) is 0 Å². The van der Waals surface area contributed by atoms with Crippen LogP contribution >= 0.6 is 23.5 Å². The highest BCUT2D eigenvalue weighted by Gasteiger charge is 2.28. The Morgan fingerprint density at radius 2 is 1.18 bits per heavy atom. The molecule has 0 saturated heterocycles. The van der Waals surface area contributed by atoms with Gasteiger partial charge in [-0.2, -0.15) is 0 Å². The van der Waals surface area contributed by atoms with Crippen molar-refractivity contribution in [1.29, 1.82) is 0 Å². The molecule has 6 rings (SSSR count). The third kappa shape index (κ3) is 3.61. The first-order valence-electron chi connectivity index (χ1n) is 11.2. The van der Waals surface area contributed by atoms with E-state index in [2.05, 4.69) is 113 Å². The number of likely N-dealkylation sites (N-methyl/N-ethyl adjacent to an activating group) is 1. The molecule has 0 radical (unpaired) electrons. The van der Waals surface area contributed by atoms with Gasteiger partial charge in [-0.3, -0.25) is 0 Å². The molecular weight excluding hydrogens is 442 g/mol. The highest BCUT2D eigenvalue weighted by molar-refractivity contribution is 8.00. The van der Waals surface area contributed by atoms with E-state index in [0.29, 0.717) is 6.04 Å². The Morgan fingerprint density at radius 1 is 0.667 bits per heavy atom. The van der Waals surface area contributed by atoms with Gasteiger partial charge in [-0.05, 0) is 68.6 Å². The van der Waals surface area contributed by atoms with Gasteiger partial charge < -0.3 is 15.1 Å². The molecule has 0 spiro atoms. The van der Waals surface area contributed by atoms with Gasteiger partial charge >= 0.3 is 0 Å². The molecule has 4 aromatic rings. The second-order valence-corrected chi connectivity index (χ2v) is 10.6. The van der Waals surface area contributed by atoms with Gasteiger partial charge in [0.1, 0.15) is 0 Å². The smallest absolute Gasteiger partial charge is 0.0601 e. The quantitative estimate of drug-likeness (QED) is 0.289. The van der Waals surface area contributed by atoms with Crippen molar-refractivity contribution in [1.82, 2.24) is 5.32 Å². The molecule has 1 atom stereocenters. The Morgan fingerprint density at radius 3 is 1.82 bits per heavy atom. The zero-order valence-corrected chi connectivity index (χ0v) is 20.3. The van der Waals surface area contributed by atoms with Crippen LogP contribution in [0.5, 0.6) is 0 Å². The van der Waals surface area contributed by atoms with Gasteiger partial charge in [0.15, 0.2) is 0 Å². The lowest BCUT2D eigenvalue weighted by Gasteiger charge is -2.36. The summed E-state index contributed by atoms with van der Waals surface area (Å²) in [6.45, 7) is 3.16. The van der Waals surface area contributed by atoms with Crippen molar-refractivity contribution in [2.75, 3.05) is 23.4 Å². The van der Waals surface area contributed by atoms with Crippen molar-refractivity contribution in [3.8, 4) is 0 Å². The fraction of sp³-hybridized carbons (Fsp3) is 0.143. The maximum Gasteiger partial charge on any atom is 0.0601 e. The lowest BCUT2D eigenvalue weighted by atomic mass is 10.1. The average molecular weight is 468 g/mol. The molecule has 0 amide bonds. The van der Waals surface area contributed by atoms with Crippen molar-refractivity contribution >= 4 is 52.0 Å². The van der Waals surface area contributed by atoms with Gasteiger partial charge in [0.05, 0.1) is 22.7 Å². The number of rotatable bonds is 4. The summed E-state index contributed by atoms with van der Waals surface area (Å²) in [6.07, 6.45) is 0. The largest absolute Gasteiger partial charge is 0.338 e. The Balaban J connectivity index is 1.48. The van der Waals surface area contributed by atoms with Gasteiger partial charge in [-0.25, -0.2) is 0 Å². The Kier molecular flexibility index (Phi) is 5.33. The fourth-order valence-corrected chi connectivity index (χ4v) is 6.69. The molecule has 164 valence electrons. The van der Waals surface area contributed by atoms with Crippen molar-refractivity contribution in [2.45, 2.75) is 32.5 Å². The highest BCUT2D eigenvalue weighted by atomic mass is 32.2. The van der Waals surface area contributed by atoms with Crippen LogP contribution in [-0.4, -0.2) is 19.6 Å². The number of fused-ring (bicyclic) bond motifs is 4. The summed E-state index contributed by atoms with van der Waals surface area (Å²) in [5, 5.41) is 3.40. The average Bonchev–Trinajstić information content (AvgIpc) is 2.86. The summed E-state index contributed by atoms with van der Waals surface area (Å²) in [7, 11) is 2.03. The topological polar surface area (TPSA) is 18.5 Å².